The number of amides is 2. The summed E-state index contributed by atoms with van der Waals surface area (Å²) in [4.78, 5) is 31.6. The average Bonchev–Trinajstić information content (AvgIpc) is 3.05. The van der Waals surface area contributed by atoms with E-state index in [0.717, 1.165) is 38.3 Å². The van der Waals surface area contributed by atoms with E-state index in [9.17, 15) is 9.59 Å². The molecule has 0 unspecified atom stereocenters. The molecule has 30 heavy (non-hydrogen) atoms. The first kappa shape index (κ1) is 20.8. The monoisotopic (exact) mass is 423 g/mol. The third-order valence-corrected chi connectivity index (χ3v) is 6.33. The maximum absolute atomic E-state index is 13.1. The van der Waals surface area contributed by atoms with Crippen molar-refractivity contribution in [1.29, 1.82) is 0 Å². The number of anilines is 1. The van der Waals surface area contributed by atoms with Crippen molar-refractivity contribution < 1.29 is 9.59 Å². The molecule has 0 radical (unpaired) electrons. The summed E-state index contributed by atoms with van der Waals surface area (Å²) in [5.74, 6) is -0.286. The second-order valence-corrected chi connectivity index (χ2v) is 8.23. The van der Waals surface area contributed by atoms with Crippen molar-refractivity contribution >= 4 is 35.2 Å². The zero-order chi connectivity index (χ0) is 21.1. The van der Waals surface area contributed by atoms with Crippen LogP contribution in [0.1, 0.15) is 17.5 Å². The Balaban J connectivity index is 1.35. The van der Waals surface area contributed by atoms with Crippen LogP contribution in [0.4, 0.5) is 5.69 Å². The van der Waals surface area contributed by atoms with E-state index < -0.39 is 0 Å². The summed E-state index contributed by atoms with van der Waals surface area (Å²) in [6, 6.07) is 15.2. The number of hydrogen-bond acceptors (Lipinski definition) is 4. The van der Waals surface area contributed by atoms with Crippen molar-refractivity contribution in [2.75, 3.05) is 37.6 Å². The van der Waals surface area contributed by atoms with Crippen molar-refractivity contribution in [3.63, 3.8) is 0 Å². The molecule has 0 N–H and O–H groups in total. The highest BCUT2D eigenvalue weighted by atomic mass is 35.5. The number of imide groups is 1. The molecule has 2 saturated heterocycles. The van der Waals surface area contributed by atoms with E-state index in [1.807, 2.05) is 25.1 Å². The second-order valence-electron chi connectivity index (χ2n) is 7.82. The van der Waals surface area contributed by atoms with Crippen LogP contribution >= 0.6 is 11.6 Å². The zero-order valence-electron chi connectivity index (χ0n) is 17.1. The van der Waals surface area contributed by atoms with Crippen LogP contribution in [0.25, 0.3) is 6.08 Å². The van der Waals surface area contributed by atoms with Crippen LogP contribution in [-0.4, -0.2) is 60.4 Å². The molecule has 2 heterocycles. The number of piperazine rings is 1. The molecule has 2 aliphatic rings. The minimum atomic E-state index is -0.377. The van der Waals surface area contributed by atoms with Crippen molar-refractivity contribution in [1.82, 2.24) is 9.80 Å². The molecule has 0 aliphatic carbocycles. The molecule has 5 nitrogen and oxygen atoms in total. The van der Waals surface area contributed by atoms with Crippen LogP contribution in [0.2, 0.25) is 5.02 Å². The van der Waals surface area contributed by atoms with Gasteiger partial charge in [0.2, 0.25) is 5.91 Å². The Bertz CT molecular complexity index is 952. The molecular formula is C24H26ClN3O2. The molecule has 2 aromatic carbocycles. The molecule has 6 heteroatoms. The Kier molecular flexibility index (Phi) is 6.32. The molecule has 2 fully saturated rings. The summed E-state index contributed by atoms with van der Waals surface area (Å²) in [5.41, 5.74) is 2.56. The molecule has 156 valence electrons. The molecule has 0 aromatic heterocycles. The summed E-state index contributed by atoms with van der Waals surface area (Å²) >= 11 is 6.20. The third kappa shape index (κ3) is 4.33. The van der Waals surface area contributed by atoms with Gasteiger partial charge in [-0.15, -0.1) is 0 Å². The van der Waals surface area contributed by atoms with E-state index in [-0.39, 0.29) is 24.3 Å². The summed E-state index contributed by atoms with van der Waals surface area (Å²) in [6.45, 7) is 6.05. The van der Waals surface area contributed by atoms with Gasteiger partial charge in [0.05, 0.1) is 18.2 Å². The van der Waals surface area contributed by atoms with Gasteiger partial charge in [0.15, 0.2) is 0 Å². The largest absolute Gasteiger partial charge is 0.297 e. The minimum Gasteiger partial charge on any atom is -0.297 e. The molecule has 2 aliphatic heterocycles. The molecule has 0 spiro atoms. The van der Waals surface area contributed by atoms with Gasteiger partial charge in [-0.2, -0.15) is 0 Å². The normalized spacial score (nSPS) is 21.1. The van der Waals surface area contributed by atoms with E-state index >= 15 is 0 Å². The summed E-state index contributed by atoms with van der Waals surface area (Å²) in [5, 5.41) is 0.564. The number of rotatable bonds is 5. The van der Waals surface area contributed by atoms with Gasteiger partial charge in [-0.1, -0.05) is 60.2 Å². The van der Waals surface area contributed by atoms with Crippen LogP contribution in [0.5, 0.6) is 0 Å². The first-order valence-corrected chi connectivity index (χ1v) is 10.7. The van der Waals surface area contributed by atoms with Gasteiger partial charge >= 0.3 is 0 Å². The van der Waals surface area contributed by atoms with Gasteiger partial charge in [0.25, 0.3) is 5.91 Å². The minimum absolute atomic E-state index is 0.136. The van der Waals surface area contributed by atoms with E-state index in [0.29, 0.717) is 10.7 Å². The van der Waals surface area contributed by atoms with Crippen LogP contribution in [0.15, 0.2) is 54.6 Å². The Morgan fingerprint density at radius 2 is 1.73 bits per heavy atom. The highest BCUT2D eigenvalue weighted by Crippen LogP contribution is 2.32. The number of halogens is 1. The van der Waals surface area contributed by atoms with Gasteiger partial charge in [-0.05, 0) is 30.2 Å². The predicted molar refractivity (Wildman–Crippen MR) is 121 cm³/mol. The fraction of sp³-hybridized carbons (Fsp3) is 0.333. The van der Waals surface area contributed by atoms with Crippen molar-refractivity contribution in [3.8, 4) is 0 Å². The lowest BCUT2D eigenvalue weighted by atomic mass is 10.1. The van der Waals surface area contributed by atoms with E-state index in [2.05, 4.69) is 34.1 Å². The number of benzene rings is 2. The molecule has 1 atom stereocenters. The van der Waals surface area contributed by atoms with E-state index in [1.54, 1.807) is 18.2 Å². The van der Waals surface area contributed by atoms with Crippen LogP contribution < -0.4 is 4.90 Å². The van der Waals surface area contributed by atoms with Crippen molar-refractivity contribution in [3.05, 3.63) is 70.8 Å². The van der Waals surface area contributed by atoms with E-state index in [1.165, 1.54) is 10.5 Å². The van der Waals surface area contributed by atoms with Crippen molar-refractivity contribution in [2.45, 2.75) is 19.4 Å². The Hall–Kier alpha value is -2.47. The Labute approximate surface area is 182 Å². The van der Waals surface area contributed by atoms with Gasteiger partial charge in [-0.3, -0.25) is 19.4 Å². The molecule has 0 saturated carbocycles. The number of hydrogen-bond donors (Lipinski definition) is 0. The van der Waals surface area contributed by atoms with Gasteiger partial charge in [-0.25, -0.2) is 4.90 Å². The Morgan fingerprint density at radius 3 is 2.47 bits per heavy atom. The topological polar surface area (TPSA) is 43.9 Å². The second kappa shape index (κ2) is 9.13. The molecule has 2 amide bonds. The summed E-state index contributed by atoms with van der Waals surface area (Å²) in [6.07, 6.45) is 4.55. The maximum Gasteiger partial charge on any atom is 0.251 e. The zero-order valence-corrected chi connectivity index (χ0v) is 17.9. The SMILES string of the molecule is Cc1c(Cl)cccc1N1C(=O)C[C@@H](N2CCN(C/C=C/c3ccccc3)CC2)C1=O. The van der Waals surface area contributed by atoms with Crippen LogP contribution in [0, 0.1) is 6.92 Å². The van der Waals surface area contributed by atoms with Gasteiger partial charge in [0.1, 0.15) is 0 Å². The first-order chi connectivity index (χ1) is 14.5. The highest BCUT2D eigenvalue weighted by molar-refractivity contribution is 6.32. The molecule has 0 bridgehead atoms. The standard InChI is InChI=1S/C24H26ClN3O2/c1-18-20(25)10-5-11-21(18)28-23(29)17-22(24(28)30)27-15-13-26(14-16-27)12-6-9-19-7-3-2-4-8-19/h2-11,22H,12-17H2,1H3/b9-6+/t22-/m1/s1. The first-order valence-electron chi connectivity index (χ1n) is 10.3. The maximum atomic E-state index is 13.1. The lowest BCUT2D eigenvalue weighted by molar-refractivity contribution is -0.123. The fourth-order valence-electron chi connectivity index (χ4n) is 4.15. The number of carbonyl (C=O) groups excluding carboxylic acids is 2. The number of carbonyl (C=O) groups is 2. The quantitative estimate of drug-likeness (QED) is 0.689. The molecule has 2 aromatic rings. The Morgan fingerprint density at radius 1 is 1.00 bits per heavy atom. The van der Waals surface area contributed by atoms with Crippen molar-refractivity contribution in [2.24, 2.45) is 0 Å². The number of nitrogens with zero attached hydrogens (tertiary/aromatic N) is 3. The lowest BCUT2D eigenvalue weighted by Crippen LogP contribution is -2.52. The summed E-state index contributed by atoms with van der Waals surface area (Å²) in [7, 11) is 0. The summed E-state index contributed by atoms with van der Waals surface area (Å²) < 4.78 is 0. The van der Waals surface area contributed by atoms with Crippen LogP contribution in [0.3, 0.4) is 0 Å². The molecular weight excluding hydrogens is 398 g/mol. The van der Waals surface area contributed by atoms with Crippen LogP contribution in [-0.2, 0) is 9.59 Å². The highest BCUT2D eigenvalue weighted by Gasteiger charge is 2.43. The molecule has 4 rings (SSSR count). The van der Waals surface area contributed by atoms with Gasteiger partial charge in [0, 0.05) is 37.7 Å². The fourth-order valence-corrected chi connectivity index (χ4v) is 4.32. The third-order valence-electron chi connectivity index (χ3n) is 5.92. The lowest BCUT2D eigenvalue weighted by Gasteiger charge is -2.36. The van der Waals surface area contributed by atoms with Gasteiger partial charge < -0.3 is 0 Å². The average molecular weight is 424 g/mol. The van der Waals surface area contributed by atoms with E-state index in [4.69, 9.17) is 11.6 Å². The predicted octanol–water partition coefficient (Wildman–Crippen LogP) is 3.61. The smallest absolute Gasteiger partial charge is 0.251 e.